The van der Waals surface area contributed by atoms with E-state index in [0.717, 1.165) is 25.9 Å². The number of ketones is 1. The van der Waals surface area contributed by atoms with Crippen molar-refractivity contribution < 1.29 is 14.3 Å². The number of likely N-dealkylation sites (N-methyl/N-ethyl adjacent to an activating group) is 1. The van der Waals surface area contributed by atoms with Crippen molar-refractivity contribution in [3.8, 4) is 0 Å². The molecule has 0 aromatic heterocycles. The SMILES string of the molecule is COCC(=O)CN(C)CC(=O)N1CCCC1. The fourth-order valence-corrected chi connectivity index (χ4v) is 1.86. The van der Waals surface area contributed by atoms with Gasteiger partial charge in [0.2, 0.25) is 5.91 Å². The highest BCUT2D eigenvalue weighted by molar-refractivity contribution is 5.83. The van der Waals surface area contributed by atoms with Crippen LogP contribution in [-0.4, -0.2) is 68.4 Å². The second kappa shape index (κ2) is 6.60. The van der Waals surface area contributed by atoms with Crippen LogP contribution in [0.25, 0.3) is 0 Å². The molecule has 0 unspecified atom stereocenters. The third-order valence-electron chi connectivity index (χ3n) is 2.62. The van der Waals surface area contributed by atoms with E-state index in [1.165, 1.54) is 7.11 Å². The zero-order valence-electron chi connectivity index (χ0n) is 10.1. The summed E-state index contributed by atoms with van der Waals surface area (Å²) in [6, 6.07) is 0. The van der Waals surface area contributed by atoms with Crippen molar-refractivity contribution in [1.29, 1.82) is 0 Å². The predicted octanol–water partition coefficient (Wildman–Crippen LogP) is -0.244. The second-order valence-corrected chi connectivity index (χ2v) is 4.23. The Morgan fingerprint density at radius 1 is 1.25 bits per heavy atom. The molecule has 1 fully saturated rings. The van der Waals surface area contributed by atoms with E-state index in [1.54, 1.807) is 11.9 Å². The van der Waals surface area contributed by atoms with Crippen molar-refractivity contribution >= 4 is 11.7 Å². The van der Waals surface area contributed by atoms with Gasteiger partial charge in [-0.1, -0.05) is 0 Å². The van der Waals surface area contributed by atoms with Gasteiger partial charge in [-0.25, -0.2) is 0 Å². The van der Waals surface area contributed by atoms with Gasteiger partial charge in [-0.3, -0.25) is 14.5 Å². The van der Waals surface area contributed by atoms with Gasteiger partial charge >= 0.3 is 0 Å². The molecular formula is C11H20N2O3. The number of methoxy groups -OCH3 is 1. The molecule has 0 aromatic rings. The van der Waals surface area contributed by atoms with E-state index in [2.05, 4.69) is 0 Å². The highest BCUT2D eigenvalue weighted by Gasteiger charge is 2.19. The number of hydrogen-bond donors (Lipinski definition) is 0. The van der Waals surface area contributed by atoms with Crippen LogP contribution in [0.1, 0.15) is 12.8 Å². The van der Waals surface area contributed by atoms with E-state index in [9.17, 15) is 9.59 Å². The molecule has 0 atom stereocenters. The van der Waals surface area contributed by atoms with E-state index < -0.39 is 0 Å². The van der Waals surface area contributed by atoms with Crippen molar-refractivity contribution in [2.24, 2.45) is 0 Å². The quantitative estimate of drug-likeness (QED) is 0.629. The van der Waals surface area contributed by atoms with E-state index >= 15 is 0 Å². The van der Waals surface area contributed by atoms with Crippen LogP contribution in [0.3, 0.4) is 0 Å². The van der Waals surface area contributed by atoms with E-state index in [-0.39, 0.29) is 24.8 Å². The zero-order chi connectivity index (χ0) is 12.0. The molecule has 5 heteroatoms. The molecule has 1 aliphatic heterocycles. The fraction of sp³-hybridized carbons (Fsp3) is 0.818. The Kier molecular flexibility index (Phi) is 5.42. The highest BCUT2D eigenvalue weighted by atomic mass is 16.5. The van der Waals surface area contributed by atoms with Gasteiger partial charge in [0.1, 0.15) is 6.61 Å². The number of hydrogen-bond acceptors (Lipinski definition) is 4. The average molecular weight is 228 g/mol. The van der Waals surface area contributed by atoms with Gasteiger partial charge < -0.3 is 9.64 Å². The smallest absolute Gasteiger partial charge is 0.236 e. The summed E-state index contributed by atoms with van der Waals surface area (Å²) >= 11 is 0. The Bertz CT molecular complexity index is 250. The van der Waals surface area contributed by atoms with Crippen molar-refractivity contribution in [3.63, 3.8) is 0 Å². The molecule has 92 valence electrons. The summed E-state index contributed by atoms with van der Waals surface area (Å²) in [6.07, 6.45) is 2.19. The van der Waals surface area contributed by atoms with Crippen molar-refractivity contribution in [1.82, 2.24) is 9.80 Å². The van der Waals surface area contributed by atoms with Crippen LogP contribution in [0.2, 0.25) is 0 Å². The maximum atomic E-state index is 11.7. The van der Waals surface area contributed by atoms with Gasteiger partial charge in [-0.2, -0.15) is 0 Å². The van der Waals surface area contributed by atoms with Gasteiger partial charge in [-0.15, -0.1) is 0 Å². The summed E-state index contributed by atoms with van der Waals surface area (Å²) in [4.78, 5) is 26.6. The number of Topliss-reactive ketones (excluding diaryl/α,β-unsaturated/α-hetero) is 1. The highest BCUT2D eigenvalue weighted by Crippen LogP contribution is 2.07. The van der Waals surface area contributed by atoms with Gasteiger partial charge in [0.05, 0.1) is 13.1 Å². The molecule has 0 saturated carbocycles. The summed E-state index contributed by atoms with van der Waals surface area (Å²) in [5.41, 5.74) is 0. The summed E-state index contributed by atoms with van der Waals surface area (Å²) < 4.78 is 4.74. The van der Waals surface area contributed by atoms with Crippen LogP contribution >= 0.6 is 0 Å². The molecular weight excluding hydrogens is 208 g/mol. The number of likely N-dealkylation sites (tertiary alicyclic amines) is 1. The summed E-state index contributed by atoms with van der Waals surface area (Å²) in [6.45, 7) is 2.42. The standard InChI is InChI=1S/C11H20N2O3/c1-12(7-10(14)9-16-2)8-11(15)13-5-3-4-6-13/h3-9H2,1-2H3. The monoisotopic (exact) mass is 228 g/mol. The van der Waals surface area contributed by atoms with Crippen LogP contribution in [0.15, 0.2) is 0 Å². The lowest BCUT2D eigenvalue weighted by molar-refractivity contribution is -0.131. The lowest BCUT2D eigenvalue weighted by Crippen LogP contribution is -2.39. The Hall–Kier alpha value is -0.940. The number of nitrogens with zero attached hydrogens (tertiary/aromatic N) is 2. The Labute approximate surface area is 96.3 Å². The maximum absolute atomic E-state index is 11.7. The number of rotatable bonds is 6. The third kappa shape index (κ3) is 4.28. The van der Waals surface area contributed by atoms with Gasteiger partial charge in [0.15, 0.2) is 5.78 Å². The largest absolute Gasteiger partial charge is 0.377 e. The minimum atomic E-state index is -0.000720. The Morgan fingerprint density at radius 2 is 1.88 bits per heavy atom. The van der Waals surface area contributed by atoms with Crippen LogP contribution in [0, 0.1) is 0 Å². The molecule has 0 aliphatic carbocycles. The summed E-state index contributed by atoms with van der Waals surface area (Å²) in [5.74, 6) is 0.115. The molecule has 0 bridgehead atoms. The first-order valence-electron chi connectivity index (χ1n) is 5.60. The second-order valence-electron chi connectivity index (χ2n) is 4.23. The summed E-state index contributed by atoms with van der Waals surface area (Å²) in [7, 11) is 3.27. The minimum absolute atomic E-state index is 0.000720. The molecule has 5 nitrogen and oxygen atoms in total. The lowest BCUT2D eigenvalue weighted by Gasteiger charge is -2.20. The van der Waals surface area contributed by atoms with Crippen molar-refractivity contribution in [3.05, 3.63) is 0 Å². The first kappa shape index (κ1) is 13.1. The molecule has 1 saturated heterocycles. The first-order chi connectivity index (χ1) is 7.63. The van der Waals surface area contributed by atoms with Crippen LogP contribution in [-0.2, 0) is 14.3 Å². The Balaban J connectivity index is 2.24. The maximum Gasteiger partial charge on any atom is 0.236 e. The normalized spacial score (nSPS) is 15.8. The fourth-order valence-electron chi connectivity index (χ4n) is 1.86. The Morgan fingerprint density at radius 3 is 2.44 bits per heavy atom. The average Bonchev–Trinajstić information content (AvgIpc) is 2.69. The minimum Gasteiger partial charge on any atom is -0.377 e. The third-order valence-corrected chi connectivity index (χ3v) is 2.62. The lowest BCUT2D eigenvalue weighted by atomic mass is 10.3. The van der Waals surface area contributed by atoms with Crippen LogP contribution in [0.5, 0.6) is 0 Å². The zero-order valence-corrected chi connectivity index (χ0v) is 10.1. The molecule has 0 radical (unpaired) electrons. The molecule has 0 aromatic carbocycles. The molecule has 0 spiro atoms. The topological polar surface area (TPSA) is 49.9 Å². The van der Waals surface area contributed by atoms with Crippen molar-refractivity contribution in [2.75, 3.05) is 46.9 Å². The number of carbonyl (C=O) groups excluding carboxylic acids is 2. The molecule has 1 aliphatic rings. The first-order valence-corrected chi connectivity index (χ1v) is 5.60. The molecule has 1 amide bonds. The van der Waals surface area contributed by atoms with Crippen LogP contribution in [0.4, 0.5) is 0 Å². The number of ether oxygens (including phenoxy) is 1. The van der Waals surface area contributed by atoms with E-state index in [0.29, 0.717) is 6.54 Å². The van der Waals surface area contributed by atoms with Gasteiger partial charge in [0.25, 0.3) is 0 Å². The van der Waals surface area contributed by atoms with E-state index in [1.807, 2.05) is 4.90 Å². The number of amides is 1. The molecule has 1 rings (SSSR count). The van der Waals surface area contributed by atoms with Gasteiger partial charge in [0, 0.05) is 20.2 Å². The van der Waals surface area contributed by atoms with Crippen molar-refractivity contribution in [2.45, 2.75) is 12.8 Å². The number of carbonyl (C=O) groups is 2. The van der Waals surface area contributed by atoms with Gasteiger partial charge in [-0.05, 0) is 19.9 Å². The summed E-state index contributed by atoms with van der Waals surface area (Å²) in [5, 5.41) is 0. The predicted molar refractivity (Wildman–Crippen MR) is 60.2 cm³/mol. The van der Waals surface area contributed by atoms with Crippen LogP contribution < -0.4 is 0 Å². The molecule has 16 heavy (non-hydrogen) atoms. The van der Waals surface area contributed by atoms with E-state index in [4.69, 9.17) is 4.74 Å². The molecule has 0 N–H and O–H groups in total. The molecule has 1 heterocycles.